The molecule has 5 aromatic rings. The molecule has 16 heteroatoms. The summed E-state index contributed by atoms with van der Waals surface area (Å²) >= 11 is 12.3. The number of carbonyl (C=O) groups is 2. The Morgan fingerprint density at radius 1 is 1.04 bits per heavy atom. The Morgan fingerprint density at radius 2 is 1.80 bits per heavy atom. The van der Waals surface area contributed by atoms with Gasteiger partial charge in [0.05, 0.1) is 35.6 Å². The van der Waals surface area contributed by atoms with E-state index in [0.717, 1.165) is 11.1 Å². The van der Waals surface area contributed by atoms with Crippen molar-refractivity contribution >= 4 is 40.8 Å². The van der Waals surface area contributed by atoms with Gasteiger partial charge in [0.25, 0.3) is 5.56 Å². The number of carboxylic acid groups (broad SMARTS) is 1. The molecule has 0 radical (unpaired) electrons. The number of hydrogen-bond donors (Lipinski definition) is 2. The van der Waals surface area contributed by atoms with E-state index in [1.165, 1.54) is 17.1 Å². The highest BCUT2D eigenvalue weighted by Gasteiger charge is 2.38. The van der Waals surface area contributed by atoms with Crippen molar-refractivity contribution in [2.45, 2.75) is 38.4 Å². The van der Waals surface area contributed by atoms with Crippen LogP contribution in [-0.4, -0.2) is 52.7 Å². The predicted octanol–water partition coefficient (Wildman–Crippen LogP) is 6.82. The molecule has 2 bridgehead atoms. The first-order valence-electron chi connectivity index (χ1n) is 14.9. The van der Waals surface area contributed by atoms with Crippen molar-refractivity contribution in [3.63, 3.8) is 0 Å². The summed E-state index contributed by atoms with van der Waals surface area (Å²) in [4.78, 5) is 45.0. The highest BCUT2D eigenvalue weighted by atomic mass is 35.5. The highest BCUT2D eigenvalue weighted by molar-refractivity contribution is 6.31. The zero-order valence-corrected chi connectivity index (χ0v) is 27.5. The molecule has 1 amide bonds. The number of hydrogen-bond acceptors (Lipinski definition) is 7. The van der Waals surface area contributed by atoms with Crippen LogP contribution in [0.3, 0.4) is 0 Å². The molecule has 2 atom stereocenters. The maximum atomic E-state index is 13.7. The number of terminal acetylenes is 1. The topological polar surface area (TPSA) is 145 Å². The third kappa shape index (κ3) is 8.19. The highest BCUT2D eigenvalue weighted by Crippen LogP contribution is 2.34. The Labute approximate surface area is 292 Å². The molecule has 1 aliphatic heterocycles. The van der Waals surface area contributed by atoms with Crippen LogP contribution >= 0.6 is 23.2 Å². The lowest BCUT2D eigenvalue weighted by molar-refractivity contribution is -0.192. The third-order valence-corrected chi connectivity index (χ3v) is 8.21. The van der Waals surface area contributed by atoms with Crippen molar-refractivity contribution in [1.29, 1.82) is 0 Å². The van der Waals surface area contributed by atoms with Crippen LogP contribution in [0.15, 0.2) is 78.1 Å². The van der Waals surface area contributed by atoms with E-state index in [0.29, 0.717) is 58.2 Å². The number of carbonyl (C=O) groups excluding carboxylic acids is 1. The Hall–Kier alpha value is -5.52. The molecule has 0 unspecified atom stereocenters. The van der Waals surface area contributed by atoms with Gasteiger partial charge in [-0.3, -0.25) is 19.1 Å². The molecule has 3 aromatic heterocycles. The van der Waals surface area contributed by atoms with Crippen molar-refractivity contribution in [1.82, 2.24) is 29.5 Å². The maximum absolute atomic E-state index is 13.7. The molecule has 0 fully saturated rings. The van der Waals surface area contributed by atoms with E-state index >= 15 is 0 Å². The number of alkyl halides is 3. The summed E-state index contributed by atoms with van der Waals surface area (Å²) in [6, 6.07) is 15.6. The first-order valence-corrected chi connectivity index (χ1v) is 15.6. The molecule has 256 valence electrons. The molecule has 2 N–H and O–H groups in total. The third-order valence-electron chi connectivity index (χ3n) is 7.80. The quantitative estimate of drug-likeness (QED) is 0.193. The molecule has 1 aliphatic rings. The van der Waals surface area contributed by atoms with Crippen LogP contribution < -0.4 is 10.9 Å². The molecule has 2 aromatic carbocycles. The van der Waals surface area contributed by atoms with Gasteiger partial charge in [-0.25, -0.2) is 14.5 Å². The van der Waals surface area contributed by atoms with Crippen LogP contribution in [0, 0.1) is 18.3 Å². The first kappa shape index (κ1) is 35.8. The van der Waals surface area contributed by atoms with Crippen LogP contribution in [0.2, 0.25) is 10.2 Å². The van der Waals surface area contributed by atoms with Crippen molar-refractivity contribution in [3.8, 4) is 40.4 Å². The van der Waals surface area contributed by atoms with Gasteiger partial charge in [-0.05, 0) is 60.9 Å². The average Bonchev–Trinajstić information content (AvgIpc) is 3.52. The lowest BCUT2D eigenvalue weighted by Crippen LogP contribution is -2.27. The monoisotopic (exact) mass is 723 g/mol. The second kappa shape index (κ2) is 14.9. The summed E-state index contributed by atoms with van der Waals surface area (Å²) in [6.07, 6.45) is 7.25. The van der Waals surface area contributed by atoms with Gasteiger partial charge in [0.1, 0.15) is 0 Å². The van der Waals surface area contributed by atoms with E-state index in [4.69, 9.17) is 39.5 Å². The first-order chi connectivity index (χ1) is 23.7. The number of rotatable bonds is 3. The zero-order chi connectivity index (χ0) is 36.2. The van der Waals surface area contributed by atoms with E-state index in [9.17, 15) is 22.8 Å². The Kier molecular flexibility index (Phi) is 10.7. The summed E-state index contributed by atoms with van der Waals surface area (Å²) in [5.74, 6) is -0.462. The van der Waals surface area contributed by atoms with Gasteiger partial charge >= 0.3 is 12.1 Å². The standard InChI is InChI=1S/C32H25Cl2N7O2.C2HF3O2/c1-3-20-7-9-23-21-11-12-35-27(14-21)29(6-4-5-19(2)32(43)37-26(23)13-20)40-18-36-25(16-31(40)42)24-15-22(33)8-10-28(24)41-17-30(34)38-39-41;3-2(4,5)1(6)7/h1,7-19,29H,4-6H2,2H3,(H,37,43);(H,6,7)/t19-,29+;/m1./s1. The van der Waals surface area contributed by atoms with Gasteiger partial charge in [0.15, 0.2) is 5.15 Å². The Bertz CT molecular complexity index is 2180. The Morgan fingerprint density at radius 3 is 2.46 bits per heavy atom. The Balaban J connectivity index is 0.000000630. The molecule has 0 saturated carbocycles. The number of aliphatic carboxylic acids is 1. The number of aromatic nitrogens is 6. The fraction of sp³-hybridized carbons (Fsp3) is 0.206. The van der Waals surface area contributed by atoms with Crippen LogP contribution in [-0.2, 0) is 9.59 Å². The van der Waals surface area contributed by atoms with Crippen molar-refractivity contribution in [2.75, 3.05) is 5.32 Å². The number of anilines is 1. The van der Waals surface area contributed by atoms with E-state index in [-0.39, 0.29) is 22.5 Å². The smallest absolute Gasteiger partial charge is 0.475 e. The zero-order valence-electron chi connectivity index (χ0n) is 26.0. The predicted molar refractivity (Wildman–Crippen MR) is 180 cm³/mol. The summed E-state index contributed by atoms with van der Waals surface area (Å²) < 4.78 is 34.8. The van der Waals surface area contributed by atoms with E-state index in [1.807, 2.05) is 31.2 Å². The average molecular weight is 725 g/mol. The van der Waals surface area contributed by atoms with Gasteiger partial charge in [-0.2, -0.15) is 13.2 Å². The number of benzene rings is 2. The lowest BCUT2D eigenvalue weighted by atomic mass is 9.95. The van der Waals surface area contributed by atoms with Crippen molar-refractivity contribution in [3.05, 3.63) is 105 Å². The van der Waals surface area contributed by atoms with Crippen LogP contribution in [0.4, 0.5) is 18.9 Å². The van der Waals surface area contributed by atoms with Gasteiger partial charge in [0, 0.05) is 45.6 Å². The fourth-order valence-corrected chi connectivity index (χ4v) is 5.59. The summed E-state index contributed by atoms with van der Waals surface area (Å²) in [5, 5.41) is 18.8. The van der Waals surface area contributed by atoms with Gasteiger partial charge < -0.3 is 10.4 Å². The molecule has 6 rings (SSSR count). The van der Waals surface area contributed by atoms with Gasteiger partial charge in [0.2, 0.25) is 5.91 Å². The fourth-order valence-electron chi connectivity index (χ4n) is 5.29. The molecule has 0 saturated heterocycles. The lowest BCUT2D eigenvalue weighted by Gasteiger charge is -2.23. The minimum Gasteiger partial charge on any atom is -0.475 e. The normalized spacial score (nSPS) is 16.0. The minimum absolute atomic E-state index is 0.0870. The summed E-state index contributed by atoms with van der Waals surface area (Å²) in [6.45, 7) is 1.89. The summed E-state index contributed by atoms with van der Waals surface area (Å²) in [5.41, 5.74) is 5.04. The molecule has 0 spiro atoms. The second-order valence-electron chi connectivity index (χ2n) is 11.2. The van der Waals surface area contributed by atoms with Gasteiger partial charge in [-0.15, -0.1) is 11.5 Å². The van der Waals surface area contributed by atoms with Crippen LogP contribution in [0.25, 0.3) is 28.1 Å². The number of halogens is 5. The number of nitrogens with zero attached hydrogens (tertiary/aromatic N) is 6. The SMILES string of the molecule is C#Cc1ccc2c(c1)NC(=O)[C@H](C)CCC[C@H](n1cnc(-c3cc(Cl)ccc3-n3cc(Cl)nn3)cc1=O)c1cc-2ccn1.O=C(O)C(F)(F)F. The second-order valence-corrected chi connectivity index (χ2v) is 12.0. The van der Waals surface area contributed by atoms with Crippen LogP contribution in [0.1, 0.15) is 43.5 Å². The number of carboxylic acids is 1. The minimum atomic E-state index is -5.08. The number of pyridine rings is 1. The van der Waals surface area contributed by atoms with Gasteiger partial charge in [-0.1, -0.05) is 53.7 Å². The van der Waals surface area contributed by atoms with Crippen LogP contribution in [0.5, 0.6) is 0 Å². The molecule has 11 nitrogen and oxygen atoms in total. The number of fused-ring (bicyclic) bond motifs is 4. The van der Waals surface area contributed by atoms with E-state index < -0.39 is 18.2 Å². The molecule has 0 aliphatic carbocycles. The number of nitrogens with one attached hydrogen (secondary N) is 1. The molecular formula is C34H26Cl2F3N7O4. The van der Waals surface area contributed by atoms with E-state index in [1.54, 1.807) is 41.2 Å². The summed E-state index contributed by atoms with van der Waals surface area (Å²) in [7, 11) is 0. The van der Waals surface area contributed by atoms with Crippen molar-refractivity contribution in [2.24, 2.45) is 5.92 Å². The molecular weight excluding hydrogens is 698 g/mol. The molecule has 50 heavy (non-hydrogen) atoms. The van der Waals surface area contributed by atoms with Crippen molar-refractivity contribution < 1.29 is 27.9 Å². The maximum Gasteiger partial charge on any atom is 0.490 e. The largest absolute Gasteiger partial charge is 0.490 e. The van der Waals surface area contributed by atoms with E-state index in [2.05, 4.69) is 31.5 Å². The molecule has 4 heterocycles. The number of amides is 1.